The zero-order chi connectivity index (χ0) is 28.6. The van der Waals surface area contributed by atoms with Gasteiger partial charge in [0.2, 0.25) is 5.91 Å². The minimum atomic E-state index is -0.535. The van der Waals surface area contributed by atoms with Gasteiger partial charge in [-0.1, -0.05) is 33.8 Å². The van der Waals surface area contributed by atoms with Crippen LogP contribution in [0.1, 0.15) is 64.0 Å². The van der Waals surface area contributed by atoms with Crippen molar-refractivity contribution < 1.29 is 28.6 Å². The first-order chi connectivity index (χ1) is 17.9. The van der Waals surface area contributed by atoms with E-state index < -0.39 is 12.0 Å². The lowest BCUT2D eigenvalue weighted by Crippen LogP contribution is -2.42. The summed E-state index contributed by atoms with van der Waals surface area (Å²) in [5.41, 5.74) is 1.67. The quantitative estimate of drug-likeness (QED) is 0.390. The Balaban J connectivity index is 2.48. The fourth-order valence-corrected chi connectivity index (χ4v) is 4.18. The van der Waals surface area contributed by atoms with Crippen LogP contribution < -0.4 is 14.8 Å². The van der Waals surface area contributed by atoms with Crippen molar-refractivity contribution in [3.63, 3.8) is 0 Å². The lowest BCUT2D eigenvalue weighted by molar-refractivity contribution is -0.141. The maximum absolute atomic E-state index is 13.7. The molecule has 10 nitrogen and oxygen atoms in total. The van der Waals surface area contributed by atoms with Crippen molar-refractivity contribution in [2.75, 3.05) is 34.9 Å². The van der Waals surface area contributed by atoms with Crippen LogP contribution in [0.15, 0.2) is 24.3 Å². The number of carbonyl (C=O) groups excluding carboxylic acids is 3. The molecule has 0 fully saturated rings. The smallest absolute Gasteiger partial charge is 0.325 e. The number of nitrogens with zero attached hydrogens (tertiary/aromatic N) is 3. The molecule has 1 unspecified atom stereocenters. The molecular formula is C28H42N4O6. The number of rotatable bonds is 13. The van der Waals surface area contributed by atoms with Crippen LogP contribution >= 0.6 is 0 Å². The maximum atomic E-state index is 13.7. The normalized spacial score (nSPS) is 12.7. The van der Waals surface area contributed by atoms with Gasteiger partial charge in [0.15, 0.2) is 5.69 Å². The van der Waals surface area contributed by atoms with E-state index in [1.807, 2.05) is 43.7 Å². The maximum Gasteiger partial charge on any atom is 0.325 e. The molecule has 0 aliphatic heterocycles. The highest BCUT2D eigenvalue weighted by atomic mass is 16.5. The third kappa shape index (κ3) is 7.49. The third-order valence-electron chi connectivity index (χ3n) is 6.68. The number of hydrogen-bond donors (Lipinski definition) is 1. The number of hydrogen-bond acceptors (Lipinski definition) is 7. The molecule has 0 saturated carbocycles. The fourth-order valence-electron chi connectivity index (χ4n) is 4.18. The molecule has 0 aliphatic carbocycles. The van der Waals surface area contributed by atoms with Gasteiger partial charge in [-0.15, -0.1) is 0 Å². The van der Waals surface area contributed by atoms with Crippen molar-refractivity contribution >= 4 is 17.8 Å². The van der Waals surface area contributed by atoms with Crippen molar-refractivity contribution in [2.24, 2.45) is 11.8 Å². The van der Waals surface area contributed by atoms with Gasteiger partial charge in [-0.05, 0) is 43.4 Å². The highest BCUT2D eigenvalue weighted by molar-refractivity contribution is 5.94. The van der Waals surface area contributed by atoms with Crippen molar-refractivity contribution in [1.82, 2.24) is 20.0 Å². The van der Waals surface area contributed by atoms with E-state index >= 15 is 0 Å². The van der Waals surface area contributed by atoms with E-state index in [1.54, 1.807) is 32.2 Å². The minimum Gasteiger partial charge on any atom is -0.496 e. The van der Waals surface area contributed by atoms with Crippen LogP contribution in [-0.4, -0.2) is 73.4 Å². The highest BCUT2D eigenvalue weighted by Gasteiger charge is 2.29. The van der Waals surface area contributed by atoms with Crippen molar-refractivity contribution in [1.29, 1.82) is 0 Å². The standard InChI is InChI=1S/C28H42N4O6/c1-17(2)13-20(14-25(33)29-16-26(34)38-9)31(6)28(35)21-15-22(32(30-21)19(5)18(3)4)27-23(36-7)11-10-12-24(27)37-8/h10-12,15,17-20H,13-14,16H2,1-9H3,(H,29,33)/t19?,20-/m0/s1. The van der Waals surface area contributed by atoms with Crippen LogP contribution in [0.25, 0.3) is 11.3 Å². The predicted octanol–water partition coefficient (Wildman–Crippen LogP) is 3.95. The Kier molecular flexibility index (Phi) is 11.2. The van der Waals surface area contributed by atoms with Crippen molar-refractivity contribution in [2.45, 2.75) is 59.5 Å². The molecule has 2 rings (SSSR count). The third-order valence-corrected chi connectivity index (χ3v) is 6.68. The molecule has 38 heavy (non-hydrogen) atoms. The Bertz CT molecular complexity index is 1090. The van der Waals surface area contributed by atoms with Gasteiger partial charge in [0.25, 0.3) is 5.91 Å². The molecule has 1 aromatic carbocycles. The van der Waals surface area contributed by atoms with Gasteiger partial charge in [0, 0.05) is 19.5 Å². The van der Waals surface area contributed by atoms with Crippen LogP contribution in [0.4, 0.5) is 0 Å². The summed E-state index contributed by atoms with van der Waals surface area (Å²) in [7, 11) is 6.12. The van der Waals surface area contributed by atoms with Gasteiger partial charge in [0.1, 0.15) is 18.0 Å². The summed E-state index contributed by atoms with van der Waals surface area (Å²) in [6.45, 7) is 10.1. The monoisotopic (exact) mass is 530 g/mol. The Morgan fingerprint density at radius 1 is 1.03 bits per heavy atom. The molecule has 210 valence electrons. The molecule has 1 N–H and O–H groups in total. The molecule has 2 aromatic rings. The zero-order valence-corrected chi connectivity index (χ0v) is 24.0. The molecular weight excluding hydrogens is 488 g/mol. The average molecular weight is 531 g/mol. The molecule has 1 aromatic heterocycles. The molecule has 2 amide bonds. The minimum absolute atomic E-state index is 0.0259. The first-order valence-corrected chi connectivity index (χ1v) is 12.9. The molecule has 0 saturated heterocycles. The number of aromatic nitrogens is 2. The predicted molar refractivity (Wildman–Crippen MR) is 145 cm³/mol. The van der Waals surface area contributed by atoms with E-state index in [4.69, 9.17) is 14.6 Å². The molecule has 2 atom stereocenters. The molecule has 0 aliphatic rings. The summed E-state index contributed by atoms with van der Waals surface area (Å²) in [6.07, 6.45) is 0.651. The van der Waals surface area contributed by atoms with Crippen LogP contribution in [0.3, 0.4) is 0 Å². The second-order valence-electron chi connectivity index (χ2n) is 10.1. The van der Waals surface area contributed by atoms with Crippen LogP contribution in [-0.2, 0) is 14.3 Å². The first kappa shape index (κ1) is 30.7. The van der Waals surface area contributed by atoms with Crippen molar-refractivity contribution in [3.05, 3.63) is 30.0 Å². The Hall–Kier alpha value is -3.56. The Labute approximate surface area is 225 Å². The summed E-state index contributed by atoms with van der Waals surface area (Å²) in [4.78, 5) is 39.3. The molecule has 0 bridgehead atoms. The van der Waals surface area contributed by atoms with E-state index in [-0.39, 0.29) is 48.4 Å². The average Bonchev–Trinajstić information content (AvgIpc) is 3.33. The zero-order valence-electron chi connectivity index (χ0n) is 24.0. The van der Waals surface area contributed by atoms with Gasteiger partial charge >= 0.3 is 5.97 Å². The lowest BCUT2D eigenvalue weighted by Gasteiger charge is -2.28. The topological polar surface area (TPSA) is 112 Å². The number of methoxy groups -OCH3 is 3. The molecule has 0 radical (unpaired) electrons. The van der Waals surface area contributed by atoms with Gasteiger partial charge in [-0.25, -0.2) is 0 Å². The van der Waals surface area contributed by atoms with Crippen LogP contribution in [0.2, 0.25) is 0 Å². The van der Waals surface area contributed by atoms with Crippen LogP contribution in [0.5, 0.6) is 11.5 Å². The number of amides is 2. The fraction of sp³-hybridized carbons (Fsp3) is 0.571. The molecule has 0 spiro atoms. The number of nitrogens with one attached hydrogen (secondary N) is 1. The Morgan fingerprint density at radius 2 is 1.63 bits per heavy atom. The van der Waals surface area contributed by atoms with Gasteiger partial charge in [-0.2, -0.15) is 5.10 Å². The number of benzene rings is 1. The number of carbonyl (C=O) groups is 3. The largest absolute Gasteiger partial charge is 0.496 e. The van der Waals surface area contributed by atoms with Crippen LogP contribution in [0, 0.1) is 11.8 Å². The van der Waals surface area contributed by atoms with E-state index in [9.17, 15) is 14.4 Å². The highest BCUT2D eigenvalue weighted by Crippen LogP contribution is 2.40. The second kappa shape index (κ2) is 13.8. The van der Waals surface area contributed by atoms with E-state index in [0.717, 1.165) is 0 Å². The van der Waals surface area contributed by atoms with Crippen molar-refractivity contribution in [3.8, 4) is 22.8 Å². The summed E-state index contributed by atoms with van der Waals surface area (Å²) in [6, 6.07) is 6.86. The number of ether oxygens (including phenoxy) is 3. The summed E-state index contributed by atoms with van der Waals surface area (Å²) in [5.74, 6) is 0.507. The van der Waals surface area contributed by atoms with E-state index in [2.05, 4.69) is 23.9 Å². The summed E-state index contributed by atoms with van der Waals surface area (Å²) < 4.78 is 17.7. The van der Waals surface area contributed by atoms with E-state index in [0.29, 0.717) is 29.2 Å². The molecule has 10 heteroatoms. The van der Waals surface area contributed by atoms with Gasteiger partial charge in [0.05, 0.1) is 38.6 Å². The lowest BCUT2D eigenvalue weighted by atomic mass is 9.99. The summed E-state index contributed by atoms with van der Waals surface area (Å²) >= 11 is 0. The Morgan fingerprint density at radius 3 is 2.13 bits per heavy atom. The van der Waals surface area contributed by atoms with Gasteiger partial charge < -0.3 is 24.4 Å². The SMILES string of the molecule is COC(=O)CNC(=O)C[C@H](CC(C)C)N(C)C(=O)c1cc(-c2c(OC)cccc2OC)n(C(C)C(C)C)n1. The van der Waals surface area contributed by atoms with E-state index in [1.165, 1.54) is 7.11 Å². The summed E-state index contributed by atoms with van der Waals surface area (Å²) in [5, 5.41) is 7.30. The molecule has 1 heterocycles. The second-order valence-corrected chi connectivity index (χ2v) is 10.1. The van der Waals surface area contributed by atoms with Gasteiger partial charge in [-0.3, -0.25) is 19.1 Å². The number of esters is 1. The first-order valence-electron chi connectivity index (χ1n) is 12.9.